The molecule has 0 fully saturated rings. The SMILES string of the molecule is CC(=CP(=O)(O)O)c1cccc(C)c1. The van der Waals surface area contributed by atoms with Gasteiger partial charge in [-0.25, -0.2) is 0 Å². The maximum atomic E-state index is 10.7. The molecule has 0 spiro atoms. The average Bonchev–Trinajstić information content (AvgIpc) is 2.01. The van der Waals surface area contributed by atoms with Crippen LogP contribution in [0.4, 0.5) is 0 Å². The molecule has 0 heterocycles. The normalized spacial score (nSPS) is 13.0. The van der Waals surface area contributed by atoms with E-state index in [4.69, 9.17) is 9.79 Å². The third-order valence-electron chi connectivity index (χ3n) is 1.84. The van der Waals surface area contributed by atoms with Crippen LogP contribution < -0.4 is 0 Å². The van der Waals surface area contributed by atoms with Gasteiger partial charge in [0.1, 0.15) is 0 Å². The zero-order chi connectivity index (χ0) is 10.8. The summed E-state index contributed by atoms with van der Waals surface area (Å²) >= 11 is 0. The fraction of sp³-hybridized carbons (Fsp3) is 0.200. The van der Waals surface area contributed by atoms with Crippen molar-refractivity contribution in [3.05, 3.63) is 41.2 Å². The van der Waals surface area contributed by atoms with E-state index < -0.39 is 7.60 Å². The monoisotopic (exact) mass is 212 g/mol. The summed E-state index contributed by atoms with van der Waals surface area (Å²) < 4.78 is 10.7. The highest BCUT2D eigenvalue weighted by Gasteiger charge is 2.09. The number of rotatable bonds is 2. The Morgan fingerprint density at radius 1 is 1.43 bits per heavy atom. The van der Waals surface area contributed by atoms with E-state index in [0.29, 0.717) is 5.57 Å². The summed E-state index contributed by atoms with van der Waals surface area (Å²) in [6.07, 6.45) is 0. The van der Waals surface area contributed by atoms with Crippen LogP contribution in [0.1, 0.15) is 18.1 Å². The van der Waals surface area contributed by atoms with E-state index in [1.807, 2.05) is 31.2 Å². The van der Waals surface area contributed by atoms with Crippen molar-refractivity contribution >= 4 is 13.2 Å². The number of benzene rings is 1. The highest BCUT2D eigenvalue weighted by molar-refractivity contribution is 7.55. The van der Waals surface area contributed by atoms with Crippen LogP contribution >= 0.6 is 7.60 Å². The predicted molar refractivity (Wildman–Crippen MR) is 56.9 cm³/mol. The van der Waals surface area contributed by atoms with Crippen molar-refractivity contribution in [2.75, 3.05) is 0 Å². The van der Waals surface area contributed by atoms with Gasteiger partial charge in [0.2, 0.25) is 0 Å². The lowest BCUT2D eigenvalue weighted by molar-refractivity contribution is 0.386. The van der Waals surface area contributed by atoms with Crippen molar-refractivity contribution < 1.29 is 14.4 Å². The Kier molecular flexibility index (Phi) is 3.27. The molecule has 1 aromatic carbocycles. The first-order valence-electron chi connectivity index (χ1n) is 4.20. The second-order valence-electron chi connectivity index (χ2n) is 3.27. The number of hydrogen-bond donors (Lipinski definition) is 2. The predicted octanol–water partition coefficient (Wildman–Crippen LogP) is 2.53. The molecule has 1 aromatic rings. The highest BCUT2D eigenvalue weighted by atomic mass is 31.2. The van der Waals surface area contributed by atoms with E-state index >= 15 is 0 Å². The summed E-state index contributed by atoms with van der Waals surface area (Å²) in [6, 6.07) is 7.52. The Morgan fingerprint density at radius 3 is 2.57 bits per heavy atom. The maximum absolute atomic E-state index is 10.7. The van der Waals surface area contributed by atoms with Crippen LogP contribution in [-0.2, 0) is 4.57 Å². The lowest BCUT2D eigenvalue weighted by Gasteiger charge is -2.03. The standard InChI is InChI=1S/C10H13O3P/c1-8-4-3-5-10(6-8)9(2)7-14(11,12)13/h3-7H,1-2H3,(H2,11,12,13). The molecule has 76 valence electrons. The van der Waals surface area contributed by atoms with Gasteiger partial charge in [-0.3, -0.25) is 4.57 Å². The van der Waals surface area contributed by atoms with Gasteiger partial charge in [-0.05, 0) is 25.0 Å². The summed E-state index contributed by atoms with van der Waals surface area (Å²) in [6.45, 7) is 3.63. The molecular formula is C10H13O3P. The molecule has 0 amide bonds. The minimum Gasteiger partial charge on any atom is -0.321 e. The lowest BCUT2D eigenvalue weighted by atomic mass is 10.1. The van der Waals surface area contributed by atoms with Gasteiger partial charge in [-0.2, -0.15) is 0 Å². The van der Waals surface area contributed by atoms with Gasteiger partial charge in [0.25, 0.3) is 0 Å². The summed E-state index contributed by atoms with van der Waals surface area (Å²) in [5, 5.41) is 0. The van der Waals surface area contributed by atoms with Crippen LogP contribution in [0.25, 0.3) is 5.57 Å². The van der Waals surface area contributed by atoms with Gasteiger partial charge in [0, 0.05) is 5.82 Å². The lowest BCUT2D eigenvalue weighted by Crippen LogP contribution is -1.82. The van der Waals surface area contributed by atoms with Crippen LogP contribution in [0.15, 0.2) is 30.1 Å². The van der Waals surface area contributed by atoms with E-state index in [1.165, 1.54) is 0 Å². The largest absolute Gasteiger partial charge is 0.349 e. The summed E-state index contributed by atoms with van der Waals surface area (Å²) in [7, 11) is -4.06. The molecule has 3 nitrogen and oxygen atoms in total. The second kappa shape index (κ2) is 4.09. The van der Waals surface area contributed by atoms with Gasteiger partial charge >= 0.3 is 7.60 Å². The molecule has 0 saturated carbocycles. The summed E-state index contributed by atoms with van der Waals surface area (Å²) in [5.41, 5.74) is 2.51. The van der Waals surface area contributed by atoms with Gasteiger partial charge in [0.05, 0.1) is 0 Å². The zero-order valence-electron chi connectivity index (χ0n) is 8.14. The molecule has 0 atom stereocenters. The topological polar surface area (TPSA) is 57.5 Å². The molecule has 0 aliphatic rings. The van der Waals surface area contributed by atoms with Gasteiger partial charge in [0.15, 0.2) is 0 Å². The van der Waals surface area contributed by atoms with E-state index in [0.717, 1.165) is 16.9 Å². The molecule has 0 saturated heterocycles. The molecular weight excluding hydrogens is 199 g/mol. The fourth-order valence-electron chi connectivity index (χ4n) is 1.22. The van der Waals surface area contributed by atoms with Crippen LogP contribution in [0.3, 0.4) is 0 Å². The quantitative estimate of drug-likeness (QED) is 0.740. The molecule has 1 rings (SSSR count). The van der Waals surface area contributed by atoms with Crippen LogP contribution in [0.5, 0.6) is 0 Å². The molecule has 0 aliphatic heterocycles. The average molecular weight is 212 g/mol. The Bertz CT molecular complexity index is 404. The number of allylic oxidation sites excluding steroid dienone is 1. The minimum absolute atomic E-state index is 0.599. The number of aryl methyl sites for hydroxylation is 1. The van der Waals surface area contributed by atoms with Crippen LogP contribution in [-0.4, -0.2) is 9.79 Å². The second-order valence-corrected chi connectivity index (χ2v) is 4.71. The van der Waals surface area contributed by atoms with E-state index in [-0.39, 0.29) is 0 Å². The first-order chi connectivity index (χ1) is 6.38. The van der Waals surface area contributed by atoms with Crippen molar-refractivity contribution in [3.8, 4) is 0 Å². The number of hydrogen-bond acceptors (Lipinski definition) is 1. The zero-order valence-corrected chi connectivity index (χ0v) is 9.03. The van der Waals surface area contributed by atoms with Crippen molar-refractivity contribution in [1.82, 2.24) is 0 Å². The third-order valence-corrected chi connectivity index (χ3v) is 2.56. The third kappa shape index (κ3) is 3.46. The Morgan fingerprint density at radius 2 is 2.07 bits per heavy atom. The minimum atomic E-state index is -4.06. The van der Waals surface area contributed by atoms with Crippen molar-refractivity contribution in [2.45, 2.75) is 13.8 Å². The molecule has 0 radical (unpaired) electrons. The van der Waals surface area contributed by atoms with Crippen molar-refractivity contribution in [1.29, 1.82) is 0 Å². The molecule has 0 bridgehead atoms. The van der Waals surface area contributed by atoms with Crippen LogP contribution in [0, 0.1) is 6.92 Å². The molecule has 0 aliphatic carbocycles. The Hall–Kier alpha value is -0.890. The van der Waals surface area contributed by atoms with Gasteiger partial charge in [-0.15, -0.1) is 0 Å². The van der Waals surface area contributed by atoms with Crippen molar-refractivity contribution in [2.24, 2.45) is 0 Å². The molecule has 0 unspecified atom stereocenters. The summed E-state index contributed by atoms with van der Waals surface area (Å²) in [4.78, 5) is 17.5. The van der Waals surface area contributed by atoms with E-state index in [9.17, 15) is 4.57 Å². The first kappa shape index (κ1) is 11.2. The maximum Gasteiger partial charge on any atom is 0.349 e. The first-order valence-corrected chi connectivity index (χ1v) is 5.88. The fourth-order valence-corrected chi connectivity index (χ4v) is 1.87. The van der Waals surface area contributed by atoms with E-state index in [1.54, 1.807) is 6.92 Å². The molecule has 2 N–H and O–H groups in total. The van der Waals surface area contributed by atoms with Crippen LogP contribution in [0.2, 0.25) is 0 Å². The van der Waals surface area contributed by atoms with Gasteiger partial charge in [-0.1, -0.05) is 29.8 Å². The summed E-state index contributed by atoms with van der Waals surface area (Å²) in [5.74, 6) is 0.988. The smallest absolute Gasteiger partial charge is 0.321 e. The van der Waals surface area contributed by atoms with Crippen molar-refractivity contribution in [3.63, 3.8) is 0 Å². The Balaban J connectivity index is 3.07. The Labute approximate surface area is 83.3 Å². The highest BCUT2D eigenvalue weighted by Crippen LogP contribution is 2.39. The molecule has 14 heavy (non-hydrogen) atoms. The molecule has 0 aromatic heterocycles. The van der Waals surface area contributed by atoms with Gasteiger partial charge < -0.3 is 9.79 Å². The van der Waals surface area contributed by atoms with E-state index in [2.05, 4.69) is 0 Å². The molecule has 4 heteroatoms.